The fraction of sp³-hybridized carbons (Fsp3) is 0.583. The van der Waals surface area contributed by atoms with Crippen molar-refractivity contribution in [1.82, 2.24) is 14.7 Å². The van der Waals surface area contributed by atoms with Crippen LogP contribution in [-0.4, -0.2) is 47.8 Å². The van der Waals surface area contributed by atoms with Crippen molar-refractivity contribution in [3.05, 3.63) is 24.8 Å². The highest BCUT2D eigenvalue weighted by atomic mass is 16.1. The molecule has 0 saturated heterocycles. The Morgan fingerprint density at radius 2 is 1.62 bits per heavy atom. The van der Waals surface area contributed by atoms with Gasteiger partial charge in [0.05, 0.1) is 0 Å². The maximum absolute atomic E-state index is 10.9. The lowest BCUT2D eigenvalue weighted by molar-refractivity contribution is -0.117. The third kappa shape index (κ3) is 3.29. The smallest absolute Gasteiger partial charge is 0.215 e. The molecule has 0 aliphatic carbocycles. The van der Waals surface area contributed by atoms with E-state index in [-0.39, 0.29) is 0 Å². The van der Waals surface area contributed by atoms with Crippen LogP contribution < -0.4 is 0 Å². The van der Waals surface area contributed by atoms with Gasteiger partial charge in [0, 0.05) is 26.7 Å². The summed E-state index contributed by atoms with van der Waals surface area (Å²) in [6.45, 7) is 16.2. The Bertz CT molecular complexity index is 263. The van der Waals surface area contributed by atoms with Crippen LogP contribution in [0.1, 0.15) is 20.8 Å². The molecule has 0 spiro atoms. The molecule has 0 atom stereocenters. The molecule has 92 valence electrons. The van der Waals surface area contributed by atoms with Gasteiger partial charge in [0.15, 0.2) is 0 Å². The first-order chi connectivity index (χ1) is 7.53. The molecule has 0 fully saturated rings. The Morgan fingerprint density at radius 3 is 1.94 bits per heavy atom. The van der Waals surface area contributed by atoms with Crippen LogP contribution in [0.25, 0.3) is 0 Å². The molecule has 0 rings (SSSR count). The van der Waals surface area contributed by atoms with Gasteiger partial charge in [-0.05, 0) is 20.8 Å². The van der Waals surface area contributed by atoms with E-state index in [0.29, 0.717) is 12.4 Å². The van der Waals surface area contributed by atoms with Crippen molar-refractivity contribution in [2.24, 2.45) is 0 Å². The second kappa shape index (κ2) is 6.93. The van der Waals surface area contributed by atoms with E-state index in [1.807, 2.05) is 30.7 Å². The van der Waals surface area contributed by atoms with Crippen molar-refractivity contribution in [2.75, 3.05) is 26.7 Å². The first-order valence-electron chi connectivity index (χ1n) is 5.61. The zero-order chi connectivity index (χ0) is 12.7. The lowest BCUT2D eigenvalue weighted by Crippen LogP contribution is -2.38. The summed E-state index contributed by atoms with van der Waals surface area (Å²) in [5.74, 6) is 1.53. The lowest BCUT2D eigenvalue weighted by atomic mass is 10.4. The van der Waals surface area contributed by atoms with E-state index in [9.17, 15) is 4.79 Å². The van der Waals surface area contributed by atoms with Crippen molar-refractivity contribution in [3.63, 3.8) is 0 Å². The van der Waals surface area contributed by atoms with Gasteiger partial charge in [0.2, 0.25) is 6.41 Å². The van der Waals surface area contributed by atoms with E-state index in [1.54, 1.807) is 4.90 Å². The summed E-state index contributed by atoms with van der Waals surface area (Å²) in [7, 11) is 1.97. The standard InChI is InChI=1S/C12H23N3O/c1-7-13(6)11(4)15(9-3)12(5)14(8-2)10-16/h10H,4-5,7-9H2,1-3,6H3. The predicted molar refractivity (Wildman–Crippen MR) is 67.4 cm³/mol. The number of carbonyl (C=O) groups excluding carboxylic acids is 1. The highest BCUT2D eigenvalue weighted by Gasteiger charge is 2.16. The minimum Gasteiger partial charge on any atom is -0.362 e. The molecule has 0 bridgehead atoms. The average Bonchev–Trinajstić information content (AvgIpc) is 2.30. The van der Waals surface area contributed by atoms with Crippen LogP contribution >= 0.6 is 0 Å². The van der Waals surface area contributed by atoms with Gasteiger partial charge < -0.3 is 14.7 Å². The molecule has 0 aliphatic rings. The summed E-state index contributed by atoms with van der Waals surface area (Å²) in [4.78, 5) is 16.4. The van der Waals surface area contributed by atoms with E-state index >= 15 is 0 Å². The van der Waals surface area contributed by atoms with E-state index in [2.05, 4.69) is 20.1 Å². The number of hydrogen-bond donors (Lipinski definition) is 0. The third-order valence-electron chi connectivity index (χ3n) is 2.65. The van der Waals surface area contributed by atoms with Gasteiger partial charge >= 0.3 is 0 Å². The molecule has 0 unspecified atom stereocenters. The fourth-order valence-corrected chi connectivity index (χ4v) is 1.38. The van der Waals surface area contributed by atoms with Crippen molar-refractivity contribution >= 4 is 6.41 Å². The number of carbonyl (C=O) groups is 1. The fourth-order valence-electron chi connectivity index (χ4n) is 1.38. The molecule has 0 aromatic heterocycles. The first kappa shape index (κ1) is 14.6. The number of amides is 1. The van der Waals surface area contributed by atoms with E-state index in [0.717, 1.165) is 25.3 Å². The molecule has 0 aromatic carbocycles. The molecule has 16 heavy (non-hydrogen) atoms. The predicted octanol–water partition coefficient (Wildman–Crippen LogP) is 1.68. The SMILES string of the molecule is C=C(N(C)CC)N(CC)C(=C)N(C=O)CC. The van der Waals surface area contributed by atoms with Gasteiger partial charge in [-0.25, -0.2) is 0 Å². The molecular formula is C12H23N3O. The minimum absolute atomic E-state index is 0.613. The van der Waals surface area contributed by atoms with Crippen LogP contribution in [0.2, 0.25) is 0 Å². The van der Waals surface area contributed by atoms with Gasteiger partial charge in [-0.15, -0.1) is 0 Å². The molecule has 0 aliphatic heterocycles. The quantitative estimate of drug-likeness (QED) is 0.588. The van der Waals surface area contributed by atoms with Crippen molar-refractivity contribution in [3.8, 4) is 0 Å². The lowest BCUT2D eigenvalue weighted by Gasteiger charge is -2.35. The number of nitrogens with zero attached hydrogens (tertiary/aromatic N) is 3. The van der Waals surface area contributed by atoms with Crippen LogP contribution in [-0.2, 0) is 4.79 Å². The maximum atomic E-state index is 10.9. The molecule has 0 aromatic rings. The molecule has 0 saturated carbocycles. The van der Waals surface area contributed by atoms with Gasteiger partial charge in [0.25, 0.3) is 0 Å². The van der Waals surface area contributed by atoms with Crippen LogP contribution in [0.3, 0.4) is 0 Å². The monoisotopic (exact) mass is 225 g/mol. The first-order valence-corrected chi connectivity index (χ1v) is 5.61. The van der Waals surface area contributed by atoms with Gasteiger partial charge in [-0.3, -0.25) is 4.79 Å². The zero-order valence-electron chi connectivity index (χ0n) is 10.9. The maximum Gasteiger partial charge on any atom is 0.215 e. The zero-order valence-corrected chi connectivity index (χ0v) is 10.9. The normalized spacial score (nSPS) is 9.50. The second-order valence-corrected chi connectivity index (χ2v) is 3.48. The van der Waals surface area contributed by atoms with Crippen LogP contribution in [0.5, 0.6) is 0 Å². The molecule has 0 N–H and O–H groups in total. The van der Waals surface area contributed by atoms with E-state index in [1.165, 1.54) is 0 Å². The van der Waals surface area contributed by atoms with Crippen LogP contribution in [0.15, 0.2) is 24.8 Å². The summed E-state index contributed by atoms with van der Waals surface area (Å²) in [6.07, 6.45) is 0.796. The third-order valence-corrected chi connectivity index (χ3v) is 2.65. The van der Waals surface area contributed by atoms with Gasteiger partial charge in [-0.1, -0.05) is 13.2 Å². The summed E-state index contributed by atoms with van der Waals surface area (Å²) < 4.78 is 0. The molecule has 4 heteroatoms. The Kier molecular flexibility index (Phi) is 6.30. The Balaban J connectivity index is 4.78. The minimum atomic E-state index is 0.613. The van der Waals surface area contributed by atoms with Gasteiger partial charge in [-0.2, -0.15) is 0 Å². The summed E-state index contributed by atoms with van der Waals surface area (Å²) in [6, 6.07) is 0. The highest BCUT2D eigenvalue weighted by molar-refractivity contribution is 5.50. The van der Waals surface area contributed by atoms with Crippen molar-refractivity contribution in [2.45, 2.75) is 20.8 Å². The average molecular weight is 225 g/mol. The van der Waals surface area contributed by atoms with Crippen molar-refractivity contribution < 1.29 is 4.79 Å². The highest BCUT2D eigenvalue weighted by Crippen LogP contribution is 2.14. The van der Waals surface area contributed by atoms with Gasteiger partial charge in [0.1, 0.15) is 11.6 Å². The topological polar surface area (TPSA) is 26.8 Å². The summed E-state index contributed by atoms with van der Waals surface area (Å²) >= 11 is 0. The molecule has 4 nitrogen and oxygen atoms in total. The molecule has 1 amide bonds. The summed E-state index contributed by atoms with van der Waals surface area (Å²) in [5, 5.41) is 0. The largest absolute Gasteiger partial charge is 0.362 e. The molecule has 0 heterocycles. The number of rotatable bonds is 8. The molecular weight excluding hydrogens is 202 g/mol. The Labute approximate surface area is 98.8 Å². The van der Waals surface area contributed by atoms with Crippen LogP contribution in [0, 0.1) is 0 Å². The Hall–Kier alpha value is -1.45. The Morgan fingerprint density at radius 1 is 1.06 bits per heavy atom. The molecule has 0 radical (unpaired) electrons. The summed E-state index contributed by atoms with van der Waals surface area (Å²) in [5.41, 5.74) is 0. The number of hydrogen-bond acceptors (Lipinski definition) is 3. The van der Waals surface area contributed by atoms with Crippen molar-refractivity contribution in [1.29, 1.82) is 0 Å². The van der Waals surface area contributed by atoms with Crippen LogP contribution in [0.4, 0.5) is 0 Å². The van der Waals surface area contributed by atoms with E-state index in [4.69, 9.17) is 0 Å². The second-order valence-electron chi connectivity index (χ2n) is 3.48. The van der Waals surface area contributed by atoms with E-state index < -0.39 is 0 Å².